The van der Waals surface area contributed by atoms with Gasteiger partial charge in [0.1, 0.15) is 12.1 Å². The van der Waals surface area contributed by atoms with Crippen molar-refractivity contribution in [3.8, 4) is 0 Å². The van der Waals surface area contributed by atoms with Gasteiger partial charge in [-0.2, -0.15) is 0 Å². The number of nitrogens with one attached hydrogen (secondary N) is 2. The Labute approximate surface area is 178 Å². The maximum Gasteiger partial charge on any atom is 0.269 e. The molecule has 2 amide bonds. The quantitative estimate of drug-likeness (QED) is 0.605. The first kappa shape index (κ1) is 22.3. The van der Waals surface area contributed by atoms with Gasteiger partial charge in [0.25, 0.3) is 5.91 Å². The van der Waals surface area contributed by atoms with E-state index in [-0.39, 0.29) is 24.0 Å². The molecule has 2 N–H and O–H groups in total. The molecule has 164 valence electrons. The first-order valence-corrected chi connectivity index (χ1v) is 10.9. The average Bonchev–Trinajstić information content (AvgIpc) is 3.32. The van der Waals surface area contributed by atoms with Crippen LogP contribution < -0.4 is 10.6 Å². The van der Waals surface area contributed by atoms with Crippen LogP contribution in [0.1, 0.15) is 38.2 Å². The molecule has 3 rings (SSSR count). The van der Waals surface area contributed by atoms with Crippen LogP contribution in [0.2, 0.25) is 0 Å². The Kier molecular flexibility index (Phi) is 8.28. The van der Waals surface area contributed by atoms with Crippen molar-refractivity contribution in [2.24, 2.45) is 5.92 Å². The molecular weight excluding hydrogens is 382 g/mol. The van der Waals surface area contributed by atoms with Gasteiger partial charge < -0.3 is 15.4 Å². The standard InChI is InChI=1S/C23H33N3O4/c1-3-29-21(19-12-9-13-24-19)17(2)22(27)25-20(16-18-10-5-4-6-11-18)23(28)26-14-7-8-15-30-26/h3-6,10-11,17,19-21,24H,1,7-9,12-16H2,2H3,(H,25,27)/t17-,19+,20+,21-/m1/s1. The summed E-state index contributed by atoms with van der Waals surface area (Å²) in [6.07, 6.45) is 5.31. The van der Waals surface area contributed by atoms with Gasteiger partial charge in [-0.15, -0.1) is 0 Å². The number of benzene rings is 1. The third-order valence-electron chi connectivity index (χ3n) is 5.80. The molecule has 0 bridgehead atoms. The van der Waals surface area contributed by atoms with E-state index in [0.29, 0.717) is 19.6 Å². The summed E-state index contributed by atoms with van der Waals surface area (Å²) in [6.45, 7) is 7.48. The van der Waals surface area contributed by atoms with Gasteiger partial charge in [-0.1, -0.05) is 36.9 Å². The minimum atomic E-state index is -0.693. The summed E-state index contributed by atoms with van der Waals surface area (Å²) in [5.41, 5.74) is 0.983. The molecule has 7 nitrogen and oxygen atoms in total. The van der Waals surface area contributed by atoms with Crippen LogP contribution in [0.25, 0.3) is 0 Å². The molecule has 0 aromatic heterocycles. The predicted molar refractivity (Wildman–Crippen MR) is 114 cm³/mol. The first-order chi connectivity index (χ1) is 14.6. The molecule has 0 unspecified atom stereocenters. The highest BCUT2D eigenvalue weighted by molar-refractivity contribution is 5.88. The van der Waals surface area contributed by atoms with Crippen molar-refractivity contribution in [3.63, 3.8) is 0 Å². The second-order valence-corrected chi connectivity index (χ2v) is 7.99. The number of carbonyl (C=O) groups is 2. The molecule has 1 aromatic carbocycles. The van der Waals surface area contributed by atoms with E-state index in [1.54, 1.807) is 0 Å². The molecule has 2 heterocycles. The van der Waals surface area contributed by atoms with E-state index >= 15 is 0 Å². The van der Waals surface area contributed by atoms with Crippen LogP contribution in [-0.2, 0) is 25.6 Å². The van der Waals surface area contributed by atoms with Gasteiger partial charge >= 0.3 is 0 Å². The second kappa shape index (κ2) is 11.1. The first-order valence-electron chi connectivity index (χ1n) is 10.9. The maximum absolute atomic E-state index is 13.1. The second-order valence-electron chi connectivity index (χ2n) is 7.99. The summed E-state index contributed by atoms with van der Waals surface area (Å²) in [5.74, 6) is -0.854. The van der Waals surface area contributed by atoms with Crippen molar-refractivity contribution in [1.82, 2.24) is 15.7 Å². The molecule has 0 spiro atoms. The maximum atomic E-state index is 13.1. The Morgan fingerprint density at radius 2 is 2.13 bits per heavy atom. The number of rotatable bonds is 9. The number of hydrogen-bond acceptors (Lipinski definition) is 5. The molecular formula is C23H33N3O4. The topological polar surface area (TPSA) is 79.9 Å². The Morgan fingerprint density at radius 3 is 2.77 bits per heavy atom. The van der Waals surface area contributed by atoms with Crippen LogP contribution >= 0.6 is 0 Å². The molecule has 2 aliphatic heterocycles. The van der Waals surface area contributed by atoms with Crippen molar-refractivity contribution in [2.75, 3.05) is 19.7 Å². The third-order valence-corrected chi connectivity index (χ3v) is 5.80. The summed E-state index contributed by atoms with van der Waals surface area (Å²) in [6, 6.07) is 9.11. The molecule has 4 atom stereocenters. The van der Waals surface area contributed by atoms with Crippen LogP contribution in [0, 0.1) is 5.92 Å². The highest BCUT2D eigenvalue weighted by Crippen LogP contribution is 2.20. The van der Waals surface area contributed by atoms with Gasteiger partial charge in [-0.05, 0) is 44.7 Å². The van der Waals surface area contributed by atoms with E-state index in [2.05, 4.69) is 17.2 Å². The van der Waals surface area contributed by atoms with Gasteiger partial charge in [-0.3, -0.25) is 14.4 Å². The lowest BCUT2D eigenvalue weighted by Crippen LogP contribution is -2.54. The summed E-state index contributed by atoms with van der Waals surface area (Å²) in [7, 11) is 0. The zero-order valence-electron chi connectivity index (χ0n) is 17.7. The smallest absolute Gasteiger partial charge is 0.269 e. The van der Waals surface area contributed by atoms with Crippen LogP contribution in [0.3, 0.4) is 0 Å². The fourth-order valence-electron chi connectivity index (χ4n) is 4.11. The number of nitrogens with zero attached hydrogens (tertiary/aromatic N) is 1. The fraction of sp³-hybridized carbons (Fsp3) is 0.565. The van der Waals surface area contributed by atoms with E-state index in [9.17, 15) is 9.59 Å². The molecule has 2 fully saturated rings. The summed E-state index contributed by atoms with van der Waals surface area (Å²) in [4.78, 5) is 31.8. The van der Waals surface area contributed by atoms with E-state index in [1.807, 2.05) is 37.3 Å². The van der Waals surface area contributed by atoms with Crippen molar-refractivity contribution in [2.45, 2.75) is 57.2 Å². The Bertz CT molecular complexity index is 700. The number of hydrogen-bond donors (Lipinski definition) is 2. The van der Waals surface area contributed by atoms with Crippen LogP contribution in [0.5, 0.6) is 0 Å². The van der Waals surface area contributed by atoms with Gasteiger partial charge in [0, 0.05) is 19.0 Å². The predicted octanol–water partition coefficient (Wildman–Crippen LogP) is 2.18. The van der Waals surface area contributed by atoms with Gasteiger partial charge in [0.05, 0.1) is 18.8 Å². The monoisotopic (exact) mass is 415 g/mol. The highest BCUT2D eigenvalue weighted by atomic mass is 16.7. The Balaban J connectivity index is 1.72. The number of carbonyl (C=O) groups excluding carboxylic acids is 2. The molecule has 30 heavy (non-hydrogen) atoms. The van der Waals surface area contributed by atoms with Crippen molar-refractivity contribution in [3.05, 3.63) is 48.7 Å². The fourth-order valence-corrected chi connectivity index (χ4v) is 4.11. The molecule has 7 heteroatoms. The van der Waals surface area contributed by atoms with E-state index in [4.69, 9.17) is 9.57 Å². The van der Waals surface area contributed by atoms with Gasteiger partial charge in [0.2, 0.25) is 5.91 Å². The molecule has 1 aromatic rings. The largest absolute Gasteiger partial charge is 0.496 e. The van der Waals surface area contributed by atoms with E-state index < -0.39 is 12.0 Å². The summed E-state index contributed by atoms with van der Waals surface area (Å²) < 4.78 is 5.71. The minimum absolute atomic E-state index is 0.0949. The van der Waals surface area contributed by atoms with E-state index in [1.165, 1.54) is 11.3 Å². The van der Waals surface area contributed by atoms with E-state index in [0.717, 1.165) is 37.8 Å². The lowest BCUT2D eigenvalue weighted by Gasteiger charge is -2.32. The molecule has 2 aliphatic rings. The summed E-state index contributed by atoms with van der Waals surface area (Å²) >= 11 is 0. The number of hydroxylamine groups is 2. The van der Waals surface area contributed by atoms with Gasteiger partial charge in [0.15, 0.2) is 0 Å². The van der Waals surface area contributed by atoms with Crippen LogP contribution in [0.4, 0.5) is 0 Å². The molecule has 0 radical (unpaired) electrons. The minimum Gasteiger partial charge on any atom is -0.496 e. The summed E-state index contributed by atoms with van der Waals surface area (Å²) in [5, 5.41) is 7.77. The normalized spacial score (nSPS) is 22.0. The van der Waals surface area contributed by atoms with Crippen LogP contribution in [0.15, 0.2) is 43.2 Å². The Hall–Kier alpha value is -2.38. The van der Waals surface area contributed by atoms with Crippen molar-refractivity contribution in [1.29, 1.82) is 0 Å². The zero-order valence-corrected chi connectivity index (χ0v) is 17.7. The molecule has 0 aliphatic carbocycles. The lowest BCUT2D eigenvalue weighted by molar-refractivity contribution is -0.199. The molecule has 0 saturated carbocycles. The number of ether oxygens (including phenoxy) is 1. The lowest BCUT2D eigenvalue weighted by atomic mass is 9.94. The van der Waals surface area contributed by atoms with Crippen molar-refractivity contribution >= 4 is 11.8 Å². The van der Waals surface area contributed by atoms with Crippen LogP contribution in [-0.4, -0.2) is 54.8 Å². The highest BCUT2D eigenvalue weighted by Gasteiger charge is 2.36. The van der Waals surface area contributed by atoms with Crippen molar-refractivity contribution < 1.29 is 19.2 Å². The number of amides is 2. The Morgan fingerprint density at radius 1 is 1.33 bits per heavy atom. The van der Waals surface area contributed by atoms with Gasteiger partial charge in [-0.25, -0.2) is 5.06 Å². The average molecular weight is 416 g/mol. The third kappa shape index (κ3) is 5.83. The SMILES string of the molecule is C=CO[C@@H]([C@@H]1CCCN1)[C@@H](C)C(=O)N[C@@H](Cc1ccccc1)C(=O)N1CCCCO1. The molecule has 2 saturated heterocycles. The zero-order chi connectivity index (χ0) is 21.3.